The predicted molar refractivity (Wildman–Crippen MR) is 175 cm³/mol. The molecule has 2 N–H and O–H groups in total. The van der Waals surface area contributed by atoms with Crippen molar-refractivity contribution in [1.29, 1.82) is 0 Å². The summed E-state index contributed by atoms with van der Waals surface area (Å²) < 4.78 is 7.83. The first-order valence-electron chi connectivity index (χ1n) is 14.9. The molecule has 0 aliphatic carbocycles. The molecule has 2 aromatic heterocycles. The molecule has 0 radical (unpaired) electrons. The molecule has 0 saturated carbocycles. The van der Waals surface area contributed by atoms with Gasteiger partial charge in [0.1, 0.15) is 0 Å². The van der Waals surface area contributed by atoms with Crippen LogP contribution >= 0.6 is 12.2 Å². The number of hydrogen-bond acceptors (Lipinski definition) is 5. The summed E-state index contributed by atoms with van der Waals surface area (Å²) in [6.45, 7) is 10.1. The van der Waals surface area contributed by atoms with Crippen molar-refractivity contribution in [1.82, 2.24) is 19.8 Å². The molecule has 2 fully saturated rings. The van der Waals surface area contributed by atoms with Crippen LogP contribution in [0.4, 0.5) is 11.4 Å². The summed E-state index contributed by atoms with van der Waals surface area (Å²) in [5.41, 5.74) is 8.60. The maximum atomic E-state index is 13.0. The number of morpholine rings is 1. The number of benzene rings is 2. The molecule has 2 saturated heterocycles. The van der Waals surface area contributed by atoms with Crippen LogP contribution in [0.1, 0.15) is 46.7 Å². The van der Waals surface area contributed by atoms with E-state index in [1.807, 2.05) is 55.6 Å². The molecule has 4 aromatic rings. The quantitative estimate of drug-likeness (QED) is 0.256. The highest BCUT2D eigenvalue weighted by Gasteiger charge is 2.41. The summed E-state index contributed by atoms with van der Waals surface area (Å²) in [6, 6.07) is 24.6. The highest BCUT2D eigenvalue weighted by Crippen LogP contribution is 2.41. The summed E-state index contributed by atoms with van der Waals surface area (Å²) in [4.78, 5) is 22.2. The number of rotatable bonds is 8. The highest BCUT2D eigenvalue weighted by atomic mass is 32.1. The molecule has 4 heterocycles. The van der Waals surface area contributed by atoms with Crippen LogP contribution in [0.2, 0.25) is 0 Å². The number of pyridine rings is 1. The van der Waals surface area contributed by atoms with Gasteiger partial charge >= 0.3 is 0 Å². The lowest BCUT2D eigenvalue weighted by Crippen LogP contribution is -2.36. The Morgan fingerprint density at radius 1 is 1.00 bits per heavy atom. The zero-order valence-corrected chi connectivity index (χ0v) is 25.7. The number of aromatic nitrogens is 2. The van der Waals surface area contributed by atoms with Crippen molar-refractivity contribution in [3.63, 3.8) is 0 Å². The second kappa shape index (κ2) is 12.6. The van der Waals surface area contributed by atoms with Crippen LogP contribution < -0.4 is 15.5 Å². The van der Waals surface area contributed by atoms with Gasteiger partial charge in [0.05, 0.1) is 31.0 Å². The minimum Gasteiger partial charge on any atom is -0.378 e. The summed E-state index contributed by atoms with van der Waals surface area (Å²) in [7, 11) is 0. The fraction of sp³-hybridized carbons (Fsp3) is 0.324. The Kier molecular flexibility index (Phi) is 8.44. The van der Waals surface area contributed by atoms with Crippen LogP contribution in [-0.4, -0.2) is 58.3 Å². The predicted octanol–water partition coefficient (Wildman–Crippen LogP) is 5.64. The van der Waals surface area contributed by atoms with Gasteiger partial charge in [-0.25, -0.2) is 0 Å². The third-order valence-corrected chi connectivity index (χ3v) is 8.70. The molecule has 0 bridgehead atoms. The molecular weight excluding hydrogens is 556 g/mol. The van der Waals surface area contributed by atoms with Crippen LogP contribution in [0.25, 0.3) is 5.69 Å². The Morgan fingerprint density at radius 3 is 2.49 bits per heavy atom. The lowest BCUT2D eigenvalue weighted by Gasteiger charge is -2.29. The van der Waals surface area contributed by atoms with Crippen LogP contribution in [0, 0.1) is 20.8 Å². The van der Waals surface area contributed by atoms with Crippen LogP contribution in [0.3, 0.4) is 0 Å². The normalized spacial score (nSPS) is 18.5. The summed E-state index contributed by atoms with van der Waals surface area (Å²) in [5, 5.41) is 7.19. The van der Waals surface area contributed by atoms with Crippen molar-refractivity contribution in [3.05, 3.63) is 107 Å². The van der Waals surface area contributed by atoms with Gasteiger partial charge < -0.3 is 29.7 Å². The van der Waals surface area contributed by atoms with Crippen molar-refractivity contribution in [2.45, 2.75) is 39.3 Å². The second-order valence-corrected chi connectivity index (χ2v) is 11.7. The average Bonchev–Trinajstić information content (AvgIpc) is 3.51. The van der Waals surface area contributed by atoms with E-state index in [2.05, 4.69) is 74.2 Å². The van der Waals surface area contributed by atoms with Gasteiger partial charge in [0.15, 0.2) is 5.11 Å². The van der Waals surface area contributed by atoms with E-state index in [1.54, 1.807) is 0 Å². The van der Waals surface area contributed by atoms with Crippen molar-refractivity contribution in [3.8, 4) is 5.69 Å². The molecule has 2 aliphatic heterocycles. The molecule has 2 aliphatic rings. The first-order chi connectivity index (χ1) is 20.9. The molecule has 1 amide bonds. The largest absolute Gasteiger partial charge is 0.378 e. The summed E-state index contributed by atoms with van der Waals surface area (Å²) in [6.07, 6.45) is 2.12. The van der Waals surface area contributed by atoms with E-state index in [0.717, 1.165) is 65.9 Å². The van der Waals surface area contributed by atoms with E-state index in [4.69, 9.17) is 17.0 Å². The number of nitrogens with one attached hydrogen (secondary N) is 2. The molecule has 6 rings (SSSR count). The Hall–Kier alpha value is -4.21. The Balaban J connectivity index is 1.28. The zero-order chi connectivity index (χ0) is 29.9. The number of carbonyl (C=O) groups is 1. The maximum absolute atomic E-state index is 13.0. The number of ether oxygens (including phenoxy) is 1. The molecule has 2 aromatic carbocycles. The van der Waals surface area contributed by atoms with Gasteiger partial charge in [0.25, 0.3) is 0 Å². The molecule has 222 valence electrons. The van der Waals surface area contributed by atoms with Crippen molar-refractivity contribution >= 4 is 34.6 Å². The first kappa shape index (κ1) is 28.9. The zero-order valence-electron chi connectivity index (χ0n) is 24.9. The Morgan fingerprint density at radius 2 is 1.77 bits per heavy atom. The van der Waals surface area contributed by atoms with Crippen LogP contribution in [0.5, 0.6) is 0 Å². The standard InChI is InChI=1S/C34H38N6O2S/c1-23-7-6-8-26(21-23)36-31(41)14-16-39-33(32(37-34(39)43)30-9-4-5-15-35-30)29-22-24(2)40(25(29)3)28-12-10-27(11-13-28)38-17-19-42-20-18-38/h4-13,15,21-22,32-33H,14,16-20H2,1-3H3,(H,36,41)(H,37,43)/t32-,33-/m0/s1. The number of amides is 1. The molecule has 2 atom stereocenters. The average molecular weight is 595 g/mol. The molecule has 43 heavy (non-hydrogen) atoms. The Bertz CT molecular complexity index is 1600. The van der Waals surface area contributed by atoms with E-state index < -0.39 is 0 Å². The van der Waals surface area contributed by atoms with E-state index in [1.165, 1.54) is 5.69 Å². The van der Waals surface area contributed by atoms with Crippen LogP contribution in [0.15, 0.2) is 79.0 Å². The van der Waals surface area contributed by atoms with E-state index in [-0.39, 0.29) is 18.0 Å². The molecular formula is C34H38N6O2S. The number of nitrogens with zero attached hydrogens (tertiary/aromatic N) is 4. The second-order valence-electron chi connectivity index (χ2n) is 11.3. The van der Waals surface area contributed by atoms with Gasteiger partial charge in [-0.15, -0.1) is 0 Å². The SMILES string of the molecule is Cc1cccc(NC(=O)CCN2C(=S)N[C@@H](c3ccccn3)[C@@H]2c2cc(C)n(-c3ccc(N4CCOCC4)cc3)c2C)c1. The molecule has 0 unspecified atom stereocenters. The van der Waals surface area contributed by atoms with E-state index in [9.17, 15) is 4.79 Å². The number of thiocarbonyl (C=S) groups is 1. The van der Waals surface area contributed by atoms with E-state index >= 15 is 0 Å². The monoisotopic (exact) mass is 594 g/mol. The van der Waals surface area contributed by atoms with E-state index in [0.29, 0.717) is 18.1 Å². The van der Waals surface area contributed by atoms with Crippen LogP contribution in [-0.2, 0) is 9.53 Å². The highest BCUT2D eigenvalue weighted by molar-refractivity contribution is 7.80. The topological polar surface area (TPSA) is 74.7 Å². The summed E-state index contributed by atoms with van der Waals surface area (Å²) in [5.74, 6) is -0.0423. The van der Waals surface area contributed by atoms with Gasteiger partial charge in [-0.2, -0.15) is 0 Å². The van der Waals surface area contributed by atoms with Crippen molar-refractivity contribution in [2.24, 2.45) is 0 Å². The minimum atomic E-state index is -0.147. The van der Waals surface area contributed by atoms with Gasteiger partial charge in [-0.05, 0) is 98.7 Å². The van der Waals surface area contributed by atoms with Gasteiger partial charge in [0, 0.05) is 60.7 Å². The smallest absolute Gasteiger partial charge is 0.226 e. The Labute approximate surface area is 258 Å². The number of aryl methyl sites for hydroxylation is 2. The molecule has 0 spiro atoms. The third kappa shape index (κ3) is 6.14. The lowest BCUT2D eigenvalue weighted by molar-refractivity contribution is -0.116. The number of carbonyl (C=O) groups excluding carboxylic acids is 1. The van der Waals surface area contributed by atoms with Gasteiger partial charge in [-0.1, -0.05) is 18.2 Å². The fourth-order valence-electron chi connectivity index (χ4n) is 6.27. The van der Waals surface area contributed by atoms with Gasteiger partial charge in [0.2, 0.25) is 5.91 Å². The number of hydrogen-bond donors (Lipinski definition) is 2. The molecule has 9 heteroatoms. The lowest BCUT2D eigenvalue weighted by atomic mass is 9.96. The summed E-state index contributed by atoms with van der Waals surface area (Å²) >= 11 is 5.88. The van der Waals surface area contributed by atoms with Crippen molar-refractivity contribution < 1.29 is 9.53 Å². The van der Waals surface area contributed by atoms with Crippen molar-refractivity contribution in [2.75, 3.05) is 43.1 Å². The fourth-order valence-corrected chi connectivity index (χ4v) is 6.60. The third-order valence-electron chi connectivity index (χ3n) is 8.35. The maximum Gasteiger partial charge on any atom is 0.226 e. The van der Waals surface area contributed by atoms with Gasteiger partial charge in [-0.3, -0.25) is 9.78 Å². The first-order valence-corrected chi connectivity index (χ1v) is 15.3. The minimum absolute atomic E-state index is 0.0423. The number of anilines is 2. The molecule has 8 nitrogen and oxygen atoms in total.